The van der Waals surface area contributed by atoms with Gasteiger partial charge in [-0.2, -0.15) is 0 Å². The van der Waals surface area contributed by atoms with E-state index in [2.05, 4.69) is 21.0 Å². The van der Waals surface area contributed by atoms with Crippen LogP contribution in [0, 0.1) is 0 Å². The first-order chi connectivity index (χ1) is 8.08. The highest BCUT2D eigenvalue weighted by Crippen LogP contribution is 2.15. The van der Waals surface area contributed by atoms with Gasteiger partial charge in [-0.3, -0.25) is 9.59 Å². The van der Waals surface area contributed by atoms with Crippen molar-refractivity contribution in [3.8, 4) is 0 Å². The zero-order valence-corrected chi connectivity index (χ0v) is 9.84. The number of halogens is 1. The third kappa shape index (κ3) is 3.58. The standard InChI is InChI=1S/C9H12ClN5O2/c1-12-7(16)4-13-9(17)8-5(10)2-3-6(14-8)15-11/h2-3H,4,11H2,1H3,(H,12,16)(H,13,17)(H,14,15). The predicted molar refractivity (Wildman–Crippen MR) is 63.5 cm³/mol. The Kier molecular flexibility index (Phi) is 4.68. The lowest BCUT2D eigenvalue weighted by Gasteiger charge is -2.07. The van der Waals surface area contributed by atoms with Crippen LogP contribution in [0.15, 0.2) is 12.1 Å². The fraction of sp³-hybridized carbons (Fsp3) is 0.222. The lowest BCUT2D eigenvalue weighted by molar-refractivity contribution is -0.119. The summed E-state index contributed by atoms with van der Waals surface area (Å²) in [4.78, 5) is 26.5. The van der Waals surface area contributed by atoms with Gasteiger partial charge >= 0.3 is 0 Å². The molecule has 0 bridgehead atoms. The third-order valence-corrected chi connectivity index (χ3v) is 2.20. The molecular formula is C9H12ClN5O2. The highest BCUT2D eigenvalue weighted by Gasteiger charge is 2.13. The summed E-state index contributed by atoms with van der Waals surface area (Å²) < 4.78 is 0. The molecule has 0 atom stereocenters. The van der Waals surface area contributed by atoms with Crippen LogP contribution >= 0.6 is 11.6 Å². The number of nitrogen functional groups attached to an aromatic ring is 1. The lowest BCUT2D eigenvalue weighted by Crippen LogP contribution is -2.35. The van der Waals surface area contributed by atoms with Crippen LogP contribution in [0.4, 0.5) is 5.82 Å². The highest BCUT2D eigenvalue weighted by atomic mass is 35.5. The van der Waals surface area contributed by atoms with Crippen molar-refractivity contribution in [3.63, 3.8) is 0 Å². The van der Waals surface area contributed by atoms with Gasteiger partial charge in [0.25, 0.3) is 5.91 Å². The number of nitrogens with one attached hydrogen (secondary N) is 3. The van der Waals surface area contributed by atoms with Crippen LogP contribution in [0.5, 0.6) is 0 Å². The Bertz CT molecular complexity index is 437. The largest absolute Gasteiger partial charge is 0.358 e. The number of aromatic nitrogens is 1. The van der Waals surface area contributed by atoms with Crippen LogP contribution in [0.1, 0.15) is 10.5 Å². The molecule has 0 aliphatic carbocycles. The molecule has 8 heteroatoms. The van der Waals surface area contributed by atoms with Crippen LogP contribution < -0.4 is 21.9 Å². The molecule has 0 aromatic carbocycles. The Balaban J connectivity index is 2.77. The molecule has 0 saturated heterocycles. The summed E-state index contributed by atoms with van der Waals surface area (Å²) in [5.41, 5.74) is 2.30. The molecule has 5 N–H and O–H groups in total. The van der Waals surface area contributed by atoms with Crippen LogP contribution in [0.25, 0.3) is 0 Å². The summed E-state index contributed by atoms with van der Waals surface area (Å²) in [6.45, 7) is -0.145. The monoisotopic (exact) mass is 257 g/mol. The lowest BCUT2D eigenvalue weighted by atomic mass is 10.3. The molecule has 0 radical (unpaired) electrons. The number of amides is 2. The number of hydrazine groups is 1. The molecule has 0 spiro atoms. The Labute approximate surface area is 103 Å². The molecular weight excluding hydrogens is 246 g/mol. The number of anilines is 1. The molecule has 17 heavy (non-hydrogen) atoms. The van der Waals surface area contributed by atoms with Crippen molar-refractivity contribution in [2.45, 2.75) is 0 Å². The summed E-state index contributed by atoms with van der Waals surface area (Å²) in [7, 11) is 1.47. The number of hydrogen-bond acceptors (Lipinski definition) is 5. The zero-order chi connectivity index (χ0) is 12.8. The molecule has 0 aliphatic heterocycles. The van der Waals surface area contributed by atoms with E-state index in [4.69, 9.17) is 17.4 Å². The van der Waals surface area contributed by atoms with E-state index in [9.17, 15) is 9.59 Å². The smallest absolute Gasteiger partial charge is 0.271 e. The fourth-order valence-corrected chi connectivity index (χ4v) is 1.21. The first-order valence-electron chi connectivity index (χ1n) is 4.70. The van der Waals surface area contributed by atoms with E-state index in [1.165, 1.54) is 19.2 Å². The number of nitrogens with two attached hydrogens (primary N) is 1. The van der Waals surface area contributed by atoms with Gasteiger partial charge in [0.1, 0.15) is 11.5 Å². The number of pyridine rings is 1. The van der Waals surface area contributed by atoms with E-state index in [1.807, 2.05) is 0 Å². The van der Waals surface area contributed by atoms with Crippen molar-refractivity contribution in [1.82, 2.24) is 15.6 Å². The van der Waals surface area contributed by atoms with Gasteiger partial charge < -0.3 is 16.1 Å². The van der Waals surface area contributed by atoms with Crippen LogP contribution in [0.3, 0.4) is 0 Å². The number of likely N-dealkylation sites (N-methyl/N-ethyl adjacent to an activating group) is 1. The number of carbonyl (C=O) groups excluding carboxylic acids is 2. The fourth-order valence-electron chi connectivity index (χ4n) is 1.01. The molecule has 1 aromatic rings. The predicted octanol–water partition coefficient (Wildman–Crippen LogP) is -0.504. The summed E-state index contributed by atoms with van der Waals surface area (Å²) in [6, 6.07) is 3.01. The van der Waals surface area contributed by atoms with Crippen LogP contribution in [-0.4, -0.2) is 30.4 Å². The van der Waals surface area contributed by atoms with E-state index in [-0.39, 0.29) is 23.2 Å². The van der Waals surface area contributed by atoms with E-state index < -0.39 is 5.91 Å². The second-order valence-corrected chi connectivity index (χ2v) is 3.43. The van der Waals surface area contributed by atoms with Gasteiger partial charge in [0.15, 0.2) is 0 Å². The molecule has 0 saturated carbocycles. The molecule has 0 fully saturated rings. The molecule has 7 nitrogen and oxygen atoms in total. The first-order valence-corrected chi connectivity index (χ1v) is 5.08. The quantitative estimate of drug-likeness (QED) is 0.429. The number of nitrogens with zero attached hydrogens (tertiary/aromatic N) is 1. The number of hydrogen-bond donors (Lipinski definition) is 4. The van der Waals surface area contributed by atoms with Gasteiger partial charge in [0.05, 0.1) is 11.6 Å². The van der Waals surface area contributed by atoms with Gasteiger partial charge in [-0.25, -0.2) is 10.8 Å². The van der Waals surface area contributed by atoms with Gasteiger partial charge in [-0.05, 0) is 12.1 Å². The van der Waals surface area contributed by atoms with Gasteiger partial charge in [-0.15, -0.1) is 0 Å². The van der Waals surface area contributed by atoms with Crippen molar-refractivity contribution in [1.29, 1.82) is 0 Å². The Morgan fingerprint density at radius 1 is 1.47 bits per heavy atom. The zero-order valence-electron chi connectivity index (χ0n) is 9.08. The summed E-state index contributed by atoms with van der Waals surface area (Å²) in [5, 5.41) is 4.92. The molecule has 1 rings (SSSR count). The van der Waals surface area contributed by atoms with Crippen molar-refractivity contribution < 1.29 is 9.59 Å². The first kappa shape index (κ1) is 13.2. The molecule has 2 amide bonds. The number of rotatable bonds is 4. The van der Waals surface area contributed by atoms with Gasteiger partial charge in [0, 0.05) is 7.05 Å². The van der Waals surface area contributed by atoms with Gasteiger partial charge in [0.2, 0.25) is 5.91 Å². The summed E-state index contributed by atoms with van der Waals surface area (Å²) in [5.74, 6) is 4.60. The van der Waals surface area contributed by atoms with Crippen LogP contribution in [0.2, 0.25) is 5.02 Å². The maximum absolute atomic E-state index is 11.6. The second kappa shape index (κ2) is 6.02. The maximum Gasteiger partial charge on any atom is 0.271 e. The van der Waals surface area contributed by atoms with E-state index in [0.29, 0.717) is 5.82 Å². The highest BCUT2D eigenvalue weighted by molar-refractivity contribution is 6.33. The van der Waals surface area contributed by atoms with Crippen molar-refractivity contribution in [2.24, 2.45) is 5.84 Å². The minimum Gasteiger partial charge on any atom is -0.358 e. The molecule has 92 valence electrons. The third-order valence-electron chi connectivity index (χ3n) is 1.90. The topological polar surface area (TPSA) is 109 Å². The minimum atomic E-state index is -0.546. The molecule has 0 aliphatic rings. The van der Waals surface area contributed by atoms with Crippen molar-refractivity contribution in [2.75, 3.05) is 19.0 Å². The average molecular weight is 258 g/mol. The Morgan fingerprint density at radius 2 is 2.18 bits per heavy atom. The van der Waals surface area contributed by atoms with E-state index >= 15 is 0 Å². The second-order valence-electron chi connectivity index (χ2n) is 3.03. The number of carbonyl (C=O) groups is 2. The van der Waals surface area contributed by atoms with Crippen molar-refractivity contribution in [3.05, 3.63) is 22.8 Å². The summed E-state index contributed by atoms with van der Waals surface area (Å²) in [6.07, 6.45) is 0. The van der Waals surface area contributed by atoms with Crippen molar-refractivity contribution >= 4 is 29.2 Å². The van der Waals surface area contributed by atoms with E-state index in [1.54, 1.807) is 0 Å². The molecule has 0 unspecified atom stereocenters. The minimum absolute atomic E-state index is 0.00557. The SMILES string of the molecule is CNC(=O)CNC(=O)c1nc(NN)ccc1Cl. The molecule has 1 heterocycles. The Morgan fingerprint density at radius 3 is 2.76 bits per heavy atom. The molecule has 1 aromatic heterocycles. The average Bonchev–Trinajstić information content (AvgIpc) is 2.36. The normalized spacial score (nSPS) is 9.59. The Hall–Kier alpha value is -1.86. The maximum atomic E-state index is 11.6. The van der Waals surface area contributed by atoms with Crippen LogP contribution in [-0.2, 0) is 4.79 Å². The van der Waals surface area contributed by atoms with Gasteiger partial charge in [-0.1, -0.05) is 11.6 Å². The van der Waals surface area contributed by atoms with E-state index in [0.717, 1.165) is 0 Å². The summed E-state index contributed by atoms with van der Waals surface area (Å²) >= 11 is 5.80.